The number of esters is 2. The Morgan fingerprint density at radius 1 is 1.17 bits per heavy atom. The first-order valence-corrected chi connectivity index (χ1v) is 14.1. The normalized spacial score (nSPS) is 21.8. The zero-order valence-corrected chi connectivity index (χ0v) is 24.1. The van der Waals surface area contributed by atoms with Crippen LogP contribution in [-0.4, -0.2) is 73.3 Å². The van der Waals surface area contributed by atoms with Crippen molar-refractivity contribution in [2.45, 2.75) is 64.2 Å². The van der Waals surface area contributed by atoms with Crippen molar-refractivity contribution in [3.05, 3.63) is 39.7 Å². The molecule has 5 rings (SSSR count). The number of halogens is 2. The molecule has 1 aromatic carbocycles. The molecule has 1 N–H and O–H groups in total. The SMILES string of the molecule is CCOC(=O)COC(=O)c1cn(C2CC2)c2c(F)c(N3CC4CCOC4(CNC(=O)OC(C)(C)C)C3)c(F)cc2c1=O. The molecule has 0 radical (unpaired) electrons. The first-order valence-electron chi connectivity index (χ1n) is 14.1. The number of amides is 1. The average Bonchev–Trinajstić information content (AvgIpc) is 3.58. The van der Waals surface area contributed by atoms with Crippen molar-refractivity contribution < 1.29 is 42.1 Å². The smallest absolute Gasteiger partial charge is 0.407 e. The van der Waals surface area contributed by atoms with Crippen LogP contribution in [0.2, 0.25) is 0 Å². The minimum Gasteiger partial charge on any atom is -0.463 e. The average molecular weight is 592 g/mol. The Kier molecular flexibility index (Phi) is 7.90. The number of pyridine rings is 1. The monoisotopic (exact) mass is 591 g/mol. The van der Waals surface area contributed by atoms with Gasteiger partial charge in [-0.15, -0.1) is 0 Å². The lowest BCUT2D eigenvalue weighted by atomic mass is 9.91. The Balaban J connectivity index is 1.46. The van der Waals surface area contributed by atoms with E-state index >= 15 is 8.78 Å². The van der Waals surface area contributed by atoms with E-state index in [0.717, 1.165) is 6.07 Å². The molecule has 2 aliphatic heterocycles. The van der Waals surface area contributed by atoms with Crippen LogP contribution in [0.25, 0.3) is 10.9 Å². The maximum atomic E-state index is 16.3. The van der Waals surface area contributed by atoms with Gasteiger partial charge in [-0.25, -0.2) is 23.2 Å². The number of benzene rings is 1. The molecule has 0 spiro atoms. The van der Waals surface area contributed by atoms with E-state index in [9.17, 15) is 19.2 Å². The van der Waals surface area contributed by atoms with Crippen LogP contribution in [0.5, 0.6) is 0 Å². The lowest BCUT2D eigenvalue weighted by molar-refractivity contribution is -0.146. The standard InChI is InChI=1S/C29H35F2N3O8/c1-5-39-21(35)13-40-26(37)19-12-34(17-6-7-17)23-18(25(19)36)10-20(30)24(22(23)31)33-11-16-8-9-41-29(16,15-33)14-32-27(38)42-28(2,3)4/h10,12,16-17H,5-9,11,13-15H2,1-4H3,(H,32,38). The van der Waals surface area contributed by atoms with E-state index in [-0.39, 0.29) is 54.8 Å². The molecule has 13 heteroatoms. The number of nitrogens with zero attached hydrogens (tertiary/aromatic N) is 2. The van der Waals surface area contributed by atoms with Gasteiger partial charge >= 0.3 is 18.0 Å². The molecule has 0 bridgehead atoms. The van der Waals surface area contributed by atoms with Gasteiger partial charge in [-0.1, -0.05) is 0 Å². The van der Waals surface area contributed by atoms with Gasteiger partial charge in [0.05, 0.1) is 24.1 Å². The Morgan fingerprint density at radius 3 is 2.57 bits per heavy atom. The van der Waals surface area contributed by atoms with Crippen LogP contribution >= 0.6 is 0 Å². The molecule has 2 atom stereocenters. The quantitative estimate of drug-likeness (QED) is 0.363. The maximum Gasteiger partial charge on any atom is 0.407 e. The predicted molar refractivity (Wildman–Crippen MR) is 147 cm³/mol. The third-order valence-electron chi connectivity index (χ3n) is 7.72. The first-order chi connectivity index (χ1) is 19.8. The summed E-state index contributed by atoms with van der Waals surface area (Å²) in [7, 11) is 0. The number of anilines is 1. The second-order valence-corrected chi connectivity index (χ2v) is 11.9. The number of ether oxygens (including phenoxy) is 4. The molecule has 2 unspecified atom stereocenters. The minimum absolute atomic E-state index is 0.0903. The van der Waals surface area contributed by atoms with Crippen molar-refractivity contribution in [2.75, 3.05) is 44.4 Å². The van der Waals surface area contributed by atoms with Gasteiger partial charge in [0.1, 0.15) is 28.3 Å². The van der Waals surface area contributed by atoms with Gasteiger partial charge in [-0.05, 0) is 53.0 Å². The number of carbonyl (C=O) groups excluding carboxylic acids is 3. The fourth-order valence-electron chi connectivity index (χ4n) is 5.74. The van der Waals surface area contributed by atoms with Crippen molar-refractivity contribution in [3.63, 3.8) is 0 Å². The number of rotatable bonds is 8. The molecule has 228 valence electrons. The molecule has 42 heavy (non-hydrogen) atoms. The summed E-state index contributed by atoms with van der Waals surface area (Å²) in [4.78, 5) is 51.5. The molecule has 1 saturated carbocycles. The van der Waals surface area contributed by atoms with Crippen molar-refractivity contribution in [1.82, 2.24) is 9.88 Å². The maximum absolute atomic E-state index is 16.3. The third-order valence-corrected chi connectivity index (χ3v) is 7.72. The summed E-state index contributed by atoms with van der Waals surface area (Å²) in [5, 5.41) is 2.43. The summed E-state index contributed by atoms with van der Waals surface area (Å²) in [6.07, 6.45) is 2.61. The van der Waals surface area contributed by atoms with Crippen LogP contribution < -0.4 is 15.6 Å². The fraction of sp³-hybridized carbons (Fsp3) is 0.586. The van der Waals surface area contributed by atoms with Gasteiger partial charge in [0.25, 0.3) is 0 Å². The molecular formula is C29H35F2N3O8. The molecule has 3 fully saturated rings. The number of aromatic nitrogens is 1. The van der Waals surface area contributed by atoms with E-state index in [2.05, 4.69) is 5.32 Å². The summed E-state index contributed by atoms with van der Waals surface area (Å²) < 4.78 is 54.6. The minimum atomic E-state index is -1.09. The van der Waals surface area contributed by atoms with Gasteiger partial charge in [-0.3, -0.25) is 4.79 Å². The first kappa shape index (κ1) is 29.7. The van der Waals surface area contributed by atoms with E-state index in [4.69, 9.17) is 18.9 Å². The highest BCUT2D eigenvalue weighted by atomic mass is 19.1. The van der Waals surface area contributed by atoms with Crippen molar-refractivity contribution in [3.8, 4) is 0 Å². The molecular weight excluding hydrogens is 556 g/mol. The largest absolute Gasteiger partial charge is 0.463 e. The van der Waals surface area contributed by atoms with Crippen LogP contribution in [0.3, 0.4) is 0 Å². The van der Waals surface area contributed by atoms with Crippen LogP contribution in [0, 0.1) is 17.6 Å². The van der Waals surface area contributed by atoms with E-state index in [0.29, 0.717) is 25.9 Å². The molecule has 1 aliphatic carbocycles. The lowest BCUT2D eigenvalue weighted by Gasteiger charge is -2.30. The Bertz CT molecular complexity index is 1480. The summed E-state index contributed by atoms with van der Waals surface area (Å²) in [5.74, 6) is -3.86. The van der Waals surface area contributed by atoms with E-state index in [1.807, 2.05) is 0 Å². The van der Waals surface area contributed by atoms with Crippen LogP contribution in [0.4, 0.5) is 19.3 Å². The molecule has 3 aliphatic rings. The van der Waals surface area contributed by atoms with Gasteiger partial charge < -0.3 is 33.7 Å². The van der Waals surface area contributed by atoms with E-state index in [1.54, 1.807) is 32.6 Å². The zero-order valence-electron chi connectivity index (χ0n) is 24.1. The van der Waals surface area contributed by atoms with Crippen molar-refractivity contribution >= 4 is 34.6 Å². The van der Waals surface area contributed by atoms with Gasteiger partial charge in [-0.2, -0.15) is 0 Å². The number of carbonyl (C=O) groups is 3. The lowest BCUT2D eigenvalue weighted by Crippen LogP contribution is -2.49. The van der Waals surface area contributed by atoms with Crippen LogP contribution in [-0.2, 0) is 23.7 Å². The Hall–Kier alpha value is -3.74. The molecule has 3 heterocycles. The van der Waals surface area contributed by atoms with Gasteiger partial charge in [0.15, 0.2) is 12.4 Å². The highest BCUT2D eigenvalue weighted by molar-refractivity contribution is 5.95. The van der Waals surface area contributed by atoms with E-state index < -0.39 is 58.5 Å². The highest BCUT2D eigenvalue weighted by Crippen LogP contribution is 2.44. The molecule has 1 aromatic heterocycles. The van der Waals surface area contributed by atoms with Gasteiger partial charge in [0, 0.05) is 37.9 Å². The zero-order chi connectivity index (χ0) is 30.4. The number of alkyl carbamates (subject to hydrolysis) is 1. The Labute approximate surface area is 241 Å². The highest BCUT2D eigenvalue weighted by Gasteiger charge is 2.52. The molecule has 2 saturated heterocycles. The fourth-order valence-corrected chi connectivity index (χ4v) is 5.74. The summed E-state index contributed by atoms with van der Waals surface area (Å²) in [5.41, 5.74) is -3.30. The summed E-state index contributed by atoms with van der Waals surface area (Å²) in [6.45, 7) is 7.18. The topological polar surface area (TPSA) is 125 Å². The summed E-state index contributed by atoms with van der Waals surface area (Å²) >= 11 is 0. The molecule has 2 aromatic rings. The second-order valence-electron chi connectivity index (χ2n) is 11.9. The van der Waals surface area contributed by atoms with Crippen LogP contribution in [0.1, 0.15) is 63.4 Å². The number of nitrogens with one attached hydrogen (secondary N) is 1. The number of hydrogen-bond acceptors (Lipinski definition) is 9. The predicted octanol–water partition coefficient (Wildman–Crippen LogP) is 3.45. The van der Waals surface area contributed by atoms with Gasteiger partial charge in [0.2, 0.25) is 5.43 Å². The molecule has 1 amide bonds. The molecule has 11 nitrogen and oxygen atoms in total. The van der Waals surface area contributed by atoms with Crippen molar-refractivity contribution in [2.24, 2.45) is 5.92 Å². The number of hydrogen-bond donors (Lipinski definition) is 1. The third kappa shape index (κ3) is 5.79. The second kappa shape index (κ2) is 11.2. The van der Waals surface area contributed by atoms with Crippen LogP contribution in [0.15, 0.2) is 17.1 Å². The Morgan fingerprint density at radius 2 is 1.90 bits per heavy atom. The summed E-state index contributed by atoms with van der Waals surface area (Å²) in [6, 6.07) is 0.751. The number of fused-ring (bicyclic) bond motifs is 2. The van der Waals surface area contributed by atoms with E-state index in [1.165, 1.54) is 10.8 Å². The van der Waals surface area contributed by atoms with Crippen molar-refractivity contribution in [1.29, 1.82) is 0 Å².